The van der Waals surface area contributed by atoms with Gasteiger partial charge in [0.05, 0.1) is 18.0 Å². The van der Waals surface area contributed by atoms with E-state index in [4.69, 9.17) is 27.9 Å². The number of carbonyl (C=O) groups excluding carboxylic acids is 1. The summed E-state index contributed by atoms with van der Waals surface area (Å²) in [6.45, 7) is 3.53. The topological polar surface area (TPSA) is 75.7 Å². The molecule has 0 heterocycles. The molecule has 0 radical (unpaired) electrons. The minimum Gasteiger partial charge on any atom is -0.491 e. The van der Waals surface area contributed by atoms with E-state index < -0.39 is 15.9 Å². The van der Waals surface area contributed by atoms with E-state index in [9.17, 15) is 13.2 Å². The van der Waals surface area contributed by atoms with Gasteiger partial charge in [-0.25, -0.2) is 8.42 Å². The number of rotatable bonds is 8. The molecule has 0 saturated carbocycles. The van der Waals surface area contributed by atoms with Crippen LogP contribution < -0.4 is 14.4 Å². The highest BCUT2D eigenvalue weighted by atomic mass is 35.5. The molecule has 0 bridgehead atoms. The van der Waals surface area contributed by atoms with Crippen molar-refractivity contribution < 1.29 is 17.9 Å². The molecule has 1 N–H and O–H groups in total. The molecular weight excluding hydrogens is 423 g/mol. The van der Waals surface area contributed by atoms with Gasteiger partial charge < -0.3 is 10.1 Å². The van der Waals surface area contributed by atoms with Gasteiger partial charge in [0.25, 0.3) is 0 Å². The Kier molecular flexibility index (Phi) is 7.57. The van der Waals surface area contributed by atoms with Crippen LogP contribution in [0.25, 0.3) is 0 Å². The second kappa shape index (κ2) is 9.49. The van der Waals surface area contributed by atoms with Crippen molar-refractivity contribution in [2.24, 2.45) is 0 Å². The fourth-order valence-electron chi connectivity index (χ4n) is 2.43. The number of ether oxygens (including phenoxy) is 1. The van der Waals surface area contributed by atoms with Crippen LogP contribution in [0.5, 0.6) is 5.75 Å². The fourth-order valence-corrected chi connectivity index (χ4v) is 3.75. The molecule has 0 aliphatic carbocycles. The summed E-state index contributed by atoms with van der Waals surface area (Å²) in [7, 11) is -3.68. The van der Waals surface area contributed by atoms with Crippen LogP contribution in [0.1, 0.15) is 19.4 Å². The first kappa shape index (κ1) is 22.3. The Morgan fingerprint density at radius 1 is 1.18 bits per heavy atom. The van der Waals surface area contributed by atoms with Crippen molar-refractivity contribution >= 4 is 44.8 Å². The molecule has 0 aliphatic rings. The van der Waals surface area contributed by atoms with Crippen molar-refractivity contribution in [3.63, 3.8) is 0 Å². The highest BCUT2D eigenvalue weighted by Gasteiger charge is 2.21. The standard InChI is InChI=1S/C19H22Cl2N2O4S/c1-13(2)27-17-6-4-5-16(10-17)23(28(3,25)26)12-19(24)22-11-14-7-8-15(20)9-18(14)21/h4-10,13H,11-12H2,1-3H3,(H,22,24). The van der Waals surface area contributed by atoms with Crippen molar-refractivity contribution in [1.29, 1.82) is 0 Å². The predicted octanol–water partition coefficient (Wildman–Crippen LogP) is 3.86. The quantitative estimate of drug-likeness (QED) is 0.670. The summed E-state index contributed by atoms with van der Waals surface area (Å²) in [5.74, 6) is 0.0566. The van der Waals surface area contributed by atoms with Crippen LogP contribution >= 0.6 is 23.2 Å². The van der Waals surface area contributed by atoms with E-state index in [2.05, 4.69) is 5.32 Å². The Morgan fingerprint density at radius 2 is 1.89 bits per heavy atom. The molecule has 152 valence electrons. The second-order valence-corrected chi connectivity index (χ2v) is 9.20. The van der Waals surface area contributed by atoms with Gasteiger partial charge in [-0.15, -0.1) is 0 Å². The van der Waals surface area contributed by atoms with Gasteiger partial charge >= 0.3 is 0 Å². The minimum absolute atomic E-state index is 0.0608. The monoisotopic (exact) mass is 444 g/mol. The summed E-state index contributed by atoms with van der Waals surface area (Å²) in [5.41, 5.74) is 1.03. The first-order chi connectivity index (χ1) is 13.1. The predicted molar refractivity (Wildman–Crippen MR) is 113 cm³/mol. The molecule has 0 unspecified atom stereocenters. The molecule has 0 aromatic heterocycles. The fraction of sp³-hybridized carbons (Fsp3) is 0.316. The smallest absolute Gasteiger partial charge is 0.241 e. The zero-order valence-electron chi connectivity index (χ0n) is 15.8. The molecule has 9 heteroatoms. The molecule has 0 aliphatic heterocycles. The van der Waals surface area contributed by atoms with Gasteiger partial charge in [0.15, 0.2) is 0 Å². The Hall–Kier alpha value is -1.96. The van der Waals surface area contributed by atoms with E-state index >= 15 is 0 Å². The Labute approximate surface area is 175 Å². The van der Waals surface area contributed by atoms with Gasteiger partial charge in [-0.3, -0.25) is 9.10 Å². The first-order valence-corrected chi connectivity index (χ1v) is 11.1. The molecule has 0 fully saturated rings. The maximum atomic E-state index is 12.4. The molecule has 0 saturated heterocycles. The number of halogens is 2. The number of amides is 1. The highest BCUT2D eigenvalue weighted by molar-refractivity contribution is 7.92. The van der Waals surface area contributed by atoms with Crippen molar-refractivity contribution in [3.8, 4) is 5.75 Å². The first-order valence-electron chi connectivity index (χ1n) is 8.51. The number of nitrogens with zero attached hydrogens (tertiary/aromatic N) is 1. The molecule has 6 nitrogen and oxygen atoms in total. The van der Waals surface area contributed by atoms with Gasteiger partial charge in [0.2, 0.25) is 15.9 Å². The third kappa shape index (κ3) is 6.58. The van der Waals surface area contributed by atoms with Crippen LogP contribution in [-0.4, -0.2) is 33.2 Å². The number of nitrogens with one attached hydrogen (secondary N) is 1. The lowest BCUT2D eigenvalue weighted by Crippen LogP contribution is -2.40. The average molecular weight is 445 g/mol. The SMILES string of the molecule is CC(C)Oc1cccc(N(CC(=O)NCc2ccc(Cl)cc2Cl)S(C)(=O)=O)c1. The van der Waals surface area contributed by atoms with Gasteiger partial charge in [0.1, 0.15) is 12.3 Å². The molecule has 1 amide bonds. The van der Waals surface area contributed by atoms with Crippen LogP contribution in [0.3, 0.4) is 0 Å². The van der Waals surface area contributed by atoms with Gasteiger partial charge in [-0.2, -0.15) is 0 Å². The van der Waals surface area contributed by atoms with Crippen molar-refractivity contribution in [2.75, 3.05) is 17.1 Å². The van der Waals surface area contributed by atoms with Crippen LogP contribution in [-0.2, 0) is 21.4 Å². The van der Waals surface area contributed by atoms with Crippen LogP contribution in [0, 0.1) is 0 Å². The summed E-state index contributed by atoms with van der Waals surface area (Å²) < 4.78 is 31.1. The van der Waals surface area contributed by atoms with E-state index in [0.717, 1.165) is 10.6 Å². The van der Waals surface area contributed by atoms with Crippen LogP contribution in [0.4, 0.5) is 5.69 Å². The molecule has 2 aromatic rings. The van der Waals surface area contributed by atoms with E-state index in [1.54, 1.807) is 42.5 Å². The minimum atomic E-state index is -3.68. The van der Waals surface area contributed by atoms with Crippen LogP contribution in [0.2, 0.25) is 10.0 Å². The van der Waals surface area contributed by atoms with Gasteiger partial charge in [-0.05, 0) is 43.7 Å². The zero-order valence-corrected chi connectivity index (χ0v) is 18.1. The Morgan fingerprint density at radius 3 is 2.50 bits per heavy atom. The van der Waals surface area contributed by atoms with E-state index in [1.165, 1.54) is 0 Å². The lowest BCUT2D eigenvalue weighted by Gasteiger charge is -2.23. The van der Waals surface area contributed by atoms with Gasteiger partial charge in [0, 0.05) is 22.7 Å². The summed E-state index contributed by atoms with van der Waals surface area (Å²) >= 11 is 11.9. The summed E-state index contributed by atoms with van der Waals surface area (Å²) in [6, 6.07) is 11.5. The van der Waals surface area contributed by atoms with E-state index in [0.29, 0.717) is 27.0 Å². The Bertz CT molecular complexity index is 949. The third-order valence-electron chi connectivity index (χ3n) is 3.66. The van der Waals surface area contributed by atoms with Crippen molar-refractivity contribution in [2.45, 2.75) is 26.5 Å². The van der Waals surface area contributed by atoms with Crippen molar-refractivity contribution in [1.82, 2.24) is 5.32 Å². The lowest BCUT2D eigenvalue weighted by atomic mass is 10.2. The number of benzene rings is 2. The largest absolute Gasteiger partial charge is 0.491 e. The molecule has 2 rings (SSSR count). The second-order valence-electron chi connectivity index (χ2n) is 6.45. The molecule has 0 spiro atoms. The summed E-state index contributed by atoms with van der Waals surface area (Å²) in [5, 5.41) is 3.59. The lowest BCUT2D eigenvalue weighted by molar-refractivity contribution is -0.119. The maximum absolute atomic E-state index is 12.4. The number of anilines is 1. The van der Waals surface area contributed by atoms with Crippen LogP contribution in [0.15, 0.2) is 42.5 Å². The molecular formula is C19H22Cl2N2O4S. The normalized spacial score (nSPS) is 11.4. The number of hydrogen-bond donors (Lipinski definition) is 1. The molecule has 2 aromatic carbocycles. The number of carbonyl (C=O) groups is 1. The molecule has 28 heavy (non-hydrogen) atoms. The third-order valence-corrected chi connectivity index (χ3v) is 5.38. The summed E-state index contributed by atoms with van der Waals surface area (Å²) in [4.78, 5) is 12.4. The van der Waals surface area contributed by atoms with E-state index in [1.807, 2.05) is 13.8 Å². The van der Waals surface area contributed by atoms with Gasteiger partial charge in [-0.1, -0.05) is 35.3 Å². The molecule has 0 atom stereocenters. The number of hydrogen-bond acceptors (Lipinski definition) is 4. The highest BCUT2D eigenvalue weighted by Crippen LogP contribution is 2.24. The van der Waals surface area contributed by atoms with Crippen molar-refractivity contribution in [3.05, 3.63) is 58.1 Å². The summed E-state index contributed by atoms with van der Waals surface area (Å²) in [6.07, 6.45) is 0.987. The zero-order chi connectivity index (χ0) is 20.9. The average Bonchev–Trinajstić information content (AvgIpc) is 2.57. The Balaban J connectivity index is 2.13. The number of sulfonamides is 1. The maximum Gasteiger partial charge on any atom is 0.241 e. The van der Waals surface area contributed by atoms with E-state index in [-0.39, 0.29) is 19.2 Å².